The number of hydrogen-bond acceptors (Lipinski definition) is 2. The molecule has 0 radical (unpaired) electrons. The molecule has 1 aliphatic rings. The van der Waals surface area contributed by atoms with Crippen molar-refractivity contribution in [3.05, 3.63) is 56.2 Å². The number of rotatable bonds is 2. The van der Waals surface area contributed by atoms with Crippen molar-refractivity contribution in [2.45, 2.75) is 25.4 Å². The summed E-state index contributed by atoms with van der Waals surface area (Å²) in [6.07, 6.45) is 3.05. The van der Waals surface area contributed by atoms with E-state index in [1.807, 2.05) is 24.3 Å². The van der Waals surface area contributed by atoms with Crippen LogP contribution in [0.1, 0.15) is 33.4 Å². The van der Waals surface area contributed by atoms with Crippen molar-refractivity contribution < 1.29 is 5.11 Å². The van der Waals surface area contributed by atoms with E-state index in [9.17, 15) is 5.11 Å². The monoisotopic (exact) mass is 264 g/mol. The highest BCUT2D eigenvalue weighted by molar-refractivity contribution is 7.12. The summed E-state index contributed by atoms with van der Waals surface area (Å²) in [6.45, 7) is 0. The van der Waals surface area contributed by atoms with Crippen LogP contribution in [0.4, 0.5) is 0 Å². The average molecular weight is 265 g/mol. The molecule has 1 atom stereocenters. The summed E-state index contributed by atoms with van der Waals surface area (Å²) in [5.74, 6) is 0. The molecule has 3 rings (SSSR count). The maximum absolute atomic E-state index is 10.3. The van der Waals surface area contributed by atoms with Crippen LogP contribution in [-0.2, 0) is 12.8 Å². The predicted octanol–water partition coefficient (Wildman–Crippen LogP) is 3.97. The Morgan fingerprint density at radius 1 is 1.24 bits per heavy atom. The third kappa shape index (κ3) is 2.13. The molecule has 0 spiro atoms. The van der Waals surface area contributed by atoms with E-state index in [0.717, 1.165) is 16.9 Å². The molecule has 1 nitrogen and oxygen atoms in total. The van der Waals surface area contributed by atoms with Crippen molar-refractivity contribution in [1.29, 1.82) is 0 Å². The lowest BCUT2D eigenvalue weighted by Gasteiger charge is -2.09. The largest absolute Gasteiger partial charge is 0.383 e. The molecular formula is C14H13ClOS. The Hall–Kier alpha value is -0.830. The van der Waals surface area contributed by atoms with E-state index < -0.39 is 6.10 Å². The highest BCUT2D eigenvalue weighted by Crippen LogP contribution is 2.36. The highest BCUT2D eigenvalue weighted by atomic mass is 35.5. The number of aliphatic hydroxyl groups excluding tert-OH is 1. The zero-order valence-corrected chi connectivity index (χ0v) is 10.9. The first-order valence-electron chi connectivity index (χ1n) is 5.79. The van der Waals surface area contributed by atoms with E-state index in [4.69, 9.17) is 11.6 Å². The van der Waals surface area contributed by atoms with Gasteiger partial charge in [-0.3, -0.25) is 0 Å². The Balaban J connectivity index is 1.93. The quantitative estimate of drug-likeness (QED) is 0.870. The molecule has 1 aromatic carbocycles. The summed E-state index contributed by atoms with van der Waals surface area (Å²) < 4.78 is 0. The molecular weight excluding hydrogens is 252 g/mol. The molecule has 0 bridgehead atoms. The molecule has 1 aromatic heterocycles. The second kappa shape index (κ2) is 4.45. The fourth-order valence-corrected chi connectivity index (χ4v) is 3.80. The van der Waals surface area contributed by atoms with Gasteiger partial charge in [0.25, 0.3) is 0 Å². The molecule has 1 aliphatic carbocycles. The van der Waals surface area contributed by atoms with Gasteiger partial charge in [0.05, 0.1) is 0 Å². The van der Waals surface area contributed by atoms with Crippen molar-refractivity contribution in [2.75, 3.05) is 0 Å². The third-order valence-electron chi connectivity index (χ3n) is 3.20. The molecule has 0 saturated carbocycles. The second-order valence-electron chi connectivity index (χ2n) is 4.41. The summed E-state index contributed by atoms with van der Waals surface area (Å²) >= 11 is 7.68. The van der Waals surface area contributed by atoms with Crippen LogP contribution in [0.5, 0.6) is 0 Å². The molecule has 0 saturated heterocycles. The van der Waals surface area contributed by atoms with Gasteiger partial charge in [-0.25, -0.2) is 0 Å². The predicted molar refractivity (Wildman–Crippen MR) is 71.9 cm³/mol. The molecule has 2 aromatic rings. The van der Waals surface area contributed by atoms with Gasteiger partial charge in [-0.1, -0.05) is 23.7 Å². The van der Waals surface area contributed by atoms with E-state index in [1.54, 1.807) is 11.3 Å². The third-order valence-corrected chi connectivity index (χ3v) is 4.72. The second-order valence-corrected chi connectivity index (χ2v) is 6.01. The minimum absolute atomic E-state index is 0.538. The first-order chi connectivity index (χ1) is 8.24. The minimum Gasteiger partial charge on any atom is -0.383 e. The highest BCUT2D eigenvalue weighted by Gasteiger charge is 2.19. The summed E-state index contributed by atoms with van der Waals surface area (Å²) in [5, 5.41) is 11.0. The SMILES string of the molecule is OC(c1cccc(Cl)c1)c1cc2c(s1)CCC2. The molecule has 88 valence electrons. The fraction of sp³-hybridized carbons (Fsp3) is 0.286. The number of aliphatic hydroxyl groups is 1. The zero-order valence-electron chi connectivity index (χ0n) is 9.32. The molecule has 0 fully saturated rings. The molecule has 0 aliphatic heterocycles. The van der Waals surface area contributed by atoms with E-state index in [-0.39, 0.29) is 0 Å². The minimum atomic E-state index is -0.538. The van der Waals surface area contributed by atoms with Crippen molar-refractivity contribution >= 4 is 22.9 Å². The van der Waals surface area contributed by atoms with Crippen LogP contribution in [0, 0.1) is 0 Å². The maximum atomic E-state index is 10.3. The molecule has 17 heavy (non-hydrogen) atoms. The van der Waals surface area contributed by atoms with Crippen molar-refractivity contribution in [2.24, 2.45) is 0 Å². The number of thiophene rings is 1. The van der Waals surface area contributed by atoms with Gasteiger partial charge in [-0.2, -0.15) is 0 Å². The number of halogens is 1. The molecule has 3 heteroatoms. The van der Waals surface area contributed by atoms with Gasteiger partial charge < -0.3 is 5.11 Å². The smallest absolute Gasteiger partial charge is 0.113 e. The number of fused-ring (bicyclic) bond motifs is 1. The lowest BCUT2D eigenvalue weighted by Crippen LogP contribution is -1.96. The summed E-state index contributed by atoms with van der Waals surface area (Å²) in [6, 6.07) is 9.60. The Morgan fingerprint density at radius 3 is 2.88 bits per heavy atom. The molecule has 0 amide bonds. The number of hydrogen-bond donors (Lipinski definition) is 1. The maximum Gasteiger partial charge on any atom is 0.113 e. The van der Waals surface area contributed by atoms with Gasteiger partial charge in [-0.15, -0.1) is 11.3 Å². The normalized spacial score (nSPS) is 15.9. The lowest BCUT2D eigenvalue weighted by molar-refractivity contribution is 0.224. The van der Waals surface area contributed by atoms with E-state index in [1.165, 1.54) is 23.3 Å². The Kier molecular flexibility index (Phi) is 2.95. The zero-order chi connectivity index (χ0) is 11.8. The molecule has 1 heterocycles. The van der Waals surface area contributed by atoms with Crippen LogP contribution < -0.4 is 0 Å². The van der Waals surface area contributed by atoms with Crippen LogP contribution in [0.2, 0.25) is 5.02 Å². The Labute approximate surface area is 110 Å². The van der Waals surface area contributed by atoms with Gasteiger partial charge in [0, 0.05) is 14.8 Å². The van der Waals surface area contributed by atoms with E-state index in [0.29, 0.717) is 5.02 Å². The number of aryl methyl sites for hydroxylation is 2. The average Bonchev–Trinajstić information content (AvgIpc) is 2.88. The standard InChI is InChI=1S/C14H13ClOS/c15-11-5-1-4-10(7-11)14(16)13-8-9-3-2-6-12(9)17-13/h1,4-5,7-8,14,16H,2-3,6H2. The van der Waals surface area contributed by atoms with E-state index >= 15 is 0 Å². The Morgan fingerprint density at radius 2 is 2.12 bits per heavy atom. The van der Waals surface area contributed by atoms with Gasteiger partial charge in [0.15, 0.2) is 0 Å². The Bertz CT molecular complexity index is 525. The van der Waals surface area contributed by atoms with Gasteiger partial charge in [-0.05, 0) is 48.6 Å². The lowest BCUT2D eigenvalue weighted by atomic mass is 10.1. The summed E-state index contributed by atoms with van der Waals surface area (Å²) in [5.41, 5.74) is 2.29. The first-order valence-corrected chi connectivity index (χ1v) is 6.98. The molecule has 1 N–H and O–H groups in total. The molecule has 1 unspecified atom stereocenters. The van der Waals surface area contributed by atoms with Gasteiger partial charge in [0.1, 0.15) is 6.10 Å². The summed E-state index contributed by atoms with van der Waals surface area (Å²) in [7, 11) is 0. The topological polar surface area (TPSA) is 20.2 Å². The van der Waals surface area contributed by atoms with Crippen LogP contribution in [0.25, 0.3) is 0 Å². The van der Waals surface area contributed by atoms with Crippen LogP contribution in [-0.4, -0.2) is 5.11 Å². The van der Waals surface area contributed by atoms with Crippen molar-refractivity contribution in [3.8, 4) is 0 Å². The van der Waals surface area contributed by atoms with E-state index in [2.05, 4.69) is 6.07 Å². The van der Waals surface area contributed by atoms with Crippen LogP contribution in [0.3, 0.4) is 0 Å². The first kappa shape index (κ1) is 11.3. The van der Waals surface area contributed by atoms with Crippen LogP contribution >= 0.6 is 22.9 Å². The fourth-order valence-electron chi connectivity index (χ4n) is 2.33. The van der Waals surface area contributed by atoms with Crippen LogP contribution in [0.15, 0.2) is 30.3 Å². The van der Waals surface area contributed by atoms with Crippen molar-refractivity contribution in [3.63, 3.8) is 0 Å². The van der Waals surface area contributed by atoms with Gasteiger partial charge >= 0.3 is 0 Å². The van der Waals surface area contributed by atoms with Crippen molar-refractivity contribution in [1.82, 2.24) is 0 Å². The number of benzene rings is 1. The summed E-state index contributed by atoms with van der Waals surface area (Å²) in [4.78, 5) is 2.48. The van der Waals surface area contributed by atoms with Gasteiger partial charge in [0.2, 0.25) is 0 Å².